The number of benzene rings is 2. The number of nitrogens with zero attached hydrogens (tertiary/aromatic N) is 4. The van der Waals surface area contributed by atoms with Crippen molar-refractivity contribution < 1.29 is 23.5 Å². The summed E-state index contributed by atoms with van der Waals surface area (Å²) in [7, 11) is 0. The number of hydrogen-bond donors (Lipinski definition) is 1. The summed E-state index contributed by atoms with van der Waals surface area (Å²) in [6.07, 6.45) is -0.564. The number of ether oxygens (including phenoxy) is 1. The number of halogens is 1. The second kappa shape index (κ2) is 8.94. The minimum Gasteiger partial charge on any atom is -0.444 e. The van der Waals surface area contributed by atoms with Crippen molar-refractivity contribution in [1.82, 2.24) is 15.6 Å². The maximum absolute atomic E-state index is 13.3. The van der Waals surface area contributed by atoms with Crippen LogP contribution in [-0.2, 0) is 11.3 Å². The first-order valence-electron chi connectivity index (χ1n) is 9.50. The van der Waals surface area contributed by atoms with Gasteiger partial charge in [0.25, 0.3) is 0 Å². The van der Waals surface area contributed by atoms with E-state index >= 15 is 0 Å². The first-order valence-corrected chi connectivity index (χ1v) is 9.50. The third-order valence-electron chi connectivity index (χ3n) is 4.25. The van der Waals surface area contributed by atoms with E-state index in [0.29, 0.717) is 18.8 Å². The SMILES string of the molecule is CC(C)(C)OC(=O)NCCN(Cc1ccc(F)cc1)c1ccc([N+](=O)[O-])c2nonc12. The van der Waals surface area contributed by atoms with Crippen LogP contribution in [0.5, 0.6) is 0 Å². The lowest BCUT2D eigenvalue weighted by Gasteiger charge is -2.26. The Kier molecular flexibility index (Phi) is 6.33. The molecule has 0 aliphatic carbocycles. The van der Waals surface area contributed by atoms with Crippen molar-refractivity contribution in [2.45, 2.75) is 32.9 Å². The maximum atomic E-state index is 13.3. The van der Waals surface area contributed by atoms with Crippen LogP contribution in [0, 0.1) is 15.9 Å². The van der Waals surface area contributed by atoms with E-state index in [0.717, 1.165) is 5.56 Å². The van der Waals surface area contributed by atoms with Gasteiger partial charge in [0.2, 0.25) is 5.52 Å². The monoisotopic (exact) mass is 431 g/mol. The molecule has 0 saturated heterocycles. The summed E-state index contributed by atoms with van der Waals surface area (Å²) >= 11 is 0. The quantitative estimate of drug-likeness (QED) is 0.442. The molecule has 0 aliphatic rings. The molecule has 0 unspecified atom stereocenters. The fourth-order valence-electron chi connectivity index (χ4n) is 2.94. The van der Waals surface area contributed by atoms with E-state index in [4.69, 9.17) is 9.37 Å². The highest BCUT2D eigenvalue weighted by atomic mass is 19.1. The molecule has 10 nitrogen and oxygen atoms in total. The van der Waals surface area contributed by atoms with E-state index in [9.17, 15) is 19.3 Å². The number of carbonyl (C=O) groups is 1. The molecule has 0 fully saturated rings. The van der Waals surface area contributed by atoms with Crippen molar-refractivity contribution in [3.63, 3.8) is 0 Å². The van der Waals surface area contributed by atoms with E-state index in [1.807, 2.05) is 4.90 Å². The zero-order valence-electron chi connectivity index (χ0n) is 17.3. The molecule has 0 bridgehead atoms. The fraction of sp³-hybridized carbons (Fsp3) is 0.350. The number of nitro benzene ring substituents is 1. The van der Waals surface area contributed by atoms with Gasteiger partial charge in [0.15, 0.2) is 5.52 Å². The number of aromatic nitrogens is 2. The average molecular weight is 431 g/mol. The van der Waals surface area contributed by atoms with Crippen molar-refractivity contribution in [2.75, 3.05) is 18.0 Å². The zero-order valence-corrected chi connectivity index (χ0v) is 17.3. The van der Waals surface area contributed by atoms with Gasteiger partial charge in [0.1, 0.15) is 11.4 Å². The van der Waals surface area contributed by atoms with Crippen molar-refractivity contribution in [2.24, 2.45) is 0 Å². The number of nitro groups is 1. The molecule has 164 valence electrons. The smallest absolute Gasteiger partial charge is 0.407 e. The van der Waals surface area contributed by atoms with Gasteiger partial charge in [-0.05, 0) is 54.8 Å². The summed E-state index contributed by atoms with van der Waals surface area (Å²) in [6, 6.07) is 8.81. The average Bonchev–Trinajstić information content (AvgIpc) is 3.16. The number of hydrogen-bond acceptors (Lipinski definition) is 8. The molecule has 0 radical (unpaired) electrons. The molecule has 1 aromatic heterocycles. The molecule has 11 heteroatoms. The van der Waals surface area contributed by atoms with E-state index in [2.05, 4.69) is 15.6 Å². The number of alkyl carbamates (subject to hydrolysis) is 1. The van der Waals surface area contributed by atoms with Gasteiger partial charge in [0.05, 0.1) is 10.6 Å². The van der Waals surface area contributed by atoms with E-state index < -0.39 is 16.6 Å². The fourth-order valence-corrected chi connectivity index (χ4v) is 2.94. The molecule has 1 heterocycles. The van der Waals surface area contributed by atoms with Gasteiger partial charge in [-0.2, -0.15) is 0 Å². The Bertz CT molecular complexity index is 1080. The van der Waals surface area contributed by atoms with Crippen LogP contribution in [-0.4, -0.2) is 40.0 Å². The molecule has 3 aromatic rings. The third-order valence-corrected chi connectivity index (χ3v) is 4.25. The minimum absolute atomic E-state index is 0.0201. The Balaban J connectivity index is 1.85. The lowest BCUT2D eigenvalue weighted by molar-refractivity contribution is -0.383. The molecular formula is C20H22FN5O5. The number of amides is 1. The van der Waals surface area contributed by atoms with Crippen molar-refractivity contribution in [3.8, 4) is 0 Å². The van der Waals surface area contributed by atoms with Gasteiger partial charge >= 0.3 is 11.8 Å². The van der Waals surface area contributed by atoms with E-state index in [1.165, 1.54) is 18.2 Å². The van der Waals surface area contributed by atoms with Crippen LogP contribution in [0.2, 0.25) is 0 Å². The van der Waals surface area contributed by atoms with Gasteiger partial charge in [-0.1, -0.05) is 12.1 Å². The Labute approximate surface area is 177 Å². The number of fused-ring (bicyclic) bond motifs is 1. The first kappa shape index (κ1) is 21.9. The van der Waals surface area contributed by atoms with Gasteiger partial charge in [-0.3, -0.25) is 10.1 Å². The molecule has 0 saturated carbocycles. The van der Waals surface area contributed by atoms with Crippen molar-refractivity contribution in [1.29, 1.82) is 0 Å². The highest BCUT2D eigenvalue weighted by Crippen LogP contribution is 2.31. The van der Waals surface area contributed by atoms with E-state index in [-0.39, 0.29) is 29.1 Å². The highest BCUT2D eigenvalue weighted by molar-refractivity contribution is 5.93. The summed E-state index contributed by atoms with van der Waals surface area (Å²) < 4.78 is 23.3. The van der Waals surface area contributed by atoms with Crippen LogP contribution in [0.15, 0.2) is 41.0 Å². The molecule has 31 heavy (non-hydrogen) atoms. The topological polar surface area (TPSA) is 124 Å². The molecule has 1 N–H and O–H groups in total. The van der Waals surface area contributed by atoms with Crippen LogP contribution < -0.4 is 10.2 Å². The maximum Gasteiger partial charge on any atom is 0.407 e. The van der Waals surface area contributed by atoms with Crippen LogP contribution in [0.3, 0.4) is 0 Å². The van der Waals surface area contributed by atoms with Crippen LogP contribution in [0.1, 0.15) is 26.3 Å². The van der Waals surface area contributed by atoms with E-state index in [1.54, 1.807) is 39.0 Å². The van der Waals surface area contributed by atoms with Gasteiger partial charge in [-0.25, -0.2) is 13.8 Å². The second-order valence-corrected chi connectivity index (χ2v) is 7.80. The first-order chi connectivity index (χ1) is 14.6. The Hall–Kier alpha value is -3.76. The van der Waals surface area contributed by atoms with Gasteiger partial charge in [-0.15, -0.1) is 0 Å². The Morgan fingerprint density at radius 3 is 2.52 bits per heavy atom. The Morgan fingerprint density at radius 2 is 1.87 bits per heavy atom. The van der Waals surface area contributed by atoms with Gasteiger partial charge in [0, 0.05) is 25.7 Å². The number of anilines is 1. The van der Waals surface area contributed by atoms with Crippen LogP contribution >= 0.6 is 0 Å². The summed E-state index contributed by atoms with van der Waals surface area (Å²) in [6.45, 7) is 6.15. The molecule has 1 amide bonds. The molecule has 0 aliphatic heterocycles. The molecule has 3 rings (SSSR count). The minimum atomic E-state index is -0.630. The third kappa shape index (κ3) is 5.65. The van der Waals surface area contributed by atoms with Crippen LogP contribution in [0.4, 0.5) is 20.6 Å². The largest absolute Gasteiger partial charge is 0.444 e. The predicted molar refractivity (Wildman–Crippen MR) is 110 cm³/mol. The van der Waals surface area contributed by atoms with Crippen molar-refractivity contribution in [3.05, 3.63) is 57.9 Å². The Morgan fingerprint density at radius 1 is 1.19 bits per heavy atom. The summed E-state index contributed by atoms with van der Waals surface area (Å²) in [5.41, 5.74) is 0.696. The number of nitrogens with one attached hydrogen (secondary N) is 1. The van der Waals surface area contributed by atoms with Gasteiger partial charge < -0.3 is 15.0 Å². The lowest BCUT2D eigenvalue weighted by atomic mass is 10.1. The molecule has 0 atom stereocenters. The number of rotatable bonds is 7. The summed E-state index contributed by atoms with van der Waals surface area (Å²) in [4.78, 5) is 24.5. The van der Waals surface area contributed by atoms with Crippen molar-refractivity contribution >= 4 is 28.5 Å². The lowest BCUT2D eigenvalue weighted by Crippen LogP contribution is -2.38. The second-order valence-electron chi connectivity index (χ2n) is 7.80. The summed E-state index contributed by atoms with van der Waals surface area (Å²) in [5.74, 6) is -0.361. The molecular weight excluding hydrogens is 409 g/mol. The number of non-ortho nitro benzene ring substituents is 1. The number of carbonyl (C=O) groups excluding carboxylic acids is 1. The highest BCUT2D eigenvalue weighted by Gasteiger charge is 2.23. The standard InChI is InChI=1S/C20H22FN5O5/c1-20(2,3)30-19(27)22-10-11-25(12-13-4-6-14(21)7-5-13)15-8-9-16(26(28)29)18-17(15)23-31-24-18/h4-9H,10-12H2,1-3H3,(H,22,27). The zero-order chi connectivity index (χ0) is 22.6. The van der Waals surface area contributed by atoms with Crippen LogP contribution in [0.25, 0.3) is 11.0 Å². The summed E-state index contributed by atoms with van der Waals surface area (Å²) in [5, 5.41) is 21.4. The molecule has 0 spiro atoms. The normalized spacial score (nSPS) is 11.4. The predicted octanol–water partition coefficient (Wildman–Crippen LogP) is 3.80. The molecule has 2 aromatic carbocycles.